The standard InChI is InChI=1S/C58H49BN2S/c1-56(2,3)37-25-27-47(43(31-37)34-16-9-8-10-17-34)60-48-30-36-19-12-13-20-38(36)50-42-23-15-22-40-41-26-24-35-18-11-14-21-39(35)52(41)61(53(40)42)59(51(48)50)55-54(60)44-32-45-46(33-49(44)62-55)58(6,7)29-28-57(45,4)5/h8-27,30-33H,28-29H2,1-7H3. The summed E-state index contributed by atoms with van der Waals surface area (Å²) >= 11 is 2.04. The third kappa shape index (κ3) is 4.82. The van der Waals surface area contributed by atoms with Crippen LogP contribution in [0.2, 0.25) is 0 Å². The summed E-state index contributed by atoms with van der Waals surface area (Å²) in [6, 6.07) is 56.2. The lowest BCUT2D eigenvalue weighted by atomic mass is 9.48. The van der Waals surface area contributed by atoms with E-state index in [1.54, 1.807) is 0 Å². The van der Waals surface area contributed by atoms with Crippen molar-refractivity contribution in [3.63, 3.8) is 0 Å². The Labute approximate surface area is 368 Å². The van der Waals surface area contributed by atoms with Crippen LogP contribution in [0.4, 0.5) is 17.1 Å². The van der Waals surface area contributed by atoms with Crippen molar-refractivity contribution in [3.05, 3.63) is 162 Å². The van der Waals surface area contributed by atoms with Crippen molar-refractivity contribution in [2.75, 3.05) is 4.90 Å². The lowest BCUT2D eigenvalue weighted by molar-refractivity contribution is 0.332. The molecule has 0 atom stereocenters. The zero-order chi connectivity index (χ0) is 42.0. The van der Waals surface area contributed by atoms with E-state index in [2.05, 4.69) is 203 Å². The zero-order valence-corrected chi connectivity index (χ0v) is 37.5. The van der Waals surface area contributed by atoms with Gasteiger partial charge in [-0.05, 0) is 109 Å². The minimum Gasteiger partial charge on any atom is -0.374 e. The minimum atomic E-state index is -0.0268. The van der Waals surface area contributed by atoms with Crippen LogP contribution in [0.25, 0.3) is 75.7 Å². The molecule has 4 heteroatoms. The number of rotatable bonds is 2. The summed E-state index contributed by atoms with van der Waals surface area (Å²) in [5.41, 5.74) is 17.6. The first kappa shape index (κ1) is 36.5. The first-order valence-corrected chi connectivity index (χ1v) is 23.3. The molecule has 8 aromatic carbocycles. The van der Waals surface area contributed by atoms with Crippen molar-refractivity contribution in [1.29, 1.82) is 0 Å². The smallest absolute Gasteiger partial charge is 0.343 e. The number of benzene rings is 8. The Morgan fingerprint density at radius 3 is 2.00 bits per heavy atom. The minimum absolute atomic E-state index is 0.0117. The highest BCUT2D eigenvalue weighted by molar-refractivity contribution is 7.32. The number of anilines is 3. The molecular weight excluding hydrogens is 768 g/mol. The number of hydrogen-bond acceptors (Lipinski definition) is 2. The van der Waals surface area contributed by atoms with Crippen molar-refractivity contribution in [2.45, 2.75) is 77.6 Å². The van der Waals surface area contributed by atoms with Crippen LogP contribution in [0.15, 0.2) is 146 Å². The monoisotopic (exact) mass is 816 g/mol. The molecule has 0 N–H and O–H groups in total. The number of hydrogen-bond donors (Lipinski definition) is 0. The molecule has 4 heterocycles. The molecule has 2 aromatic heterocycles. The SMILES string of the molecule is CC(C)(C)c1ccc(N2c3cc4ccccc4c4c3B(c3sc5cc6c(cc5c32)C(C)(C)CCC6(C)C)n2c3c-4cccc3c3ccc4ccccc4c32)c(-c2ccccc2)c1. The molecule has 1 aliphatic carbocycles. The lowest BCUT2D eigenvalue weighted by Crippen LogP contribution is -2.55. The van der Waals surface area contributed by atoms with E-state index in [1.165, 1.54) is 133 Å². The molecule has 3 aliphatic rings. The molecule has 0 saturated carbocycles. The summed E-state index contributed by atoms with van der Waals surface area (Å²) in [6.07, 6.45) is 2.37. The van der Waals surface area contributed by atoms with Gasteiger partial charge in [0.15, 0.2) is 0 Å². The van der Waals surface area contributed by atoms with Gasteiger partial charge in [0.1, 0.15) is 0 Å². The first-order valence-electron chi connectivity index (χ1n) is 22.5. The molecule has 0 bridgehead atoms. The molecule has 300 valence electrons. The third-order valence-corrected chi connectivity index (χ3v) is 16.3. The number of para-hydroxylation sites is 1. The molecule has 0 radical (unpaired) electrons. The molecule has 2 nitrogen and oxygen atoms in total. The lowest BCUT2D eigenvalue weighted by Gasteiger charge is -2.42. The van der Waals surface area contributed by atoms with Gasteiger partial charge >= 0.3 is 6.85 Å². The van der Waals surface area contributed by atoms with E-state index in [0.717, 1.165) is 0 Å². The van der Waals surface area contributed by atoms with E-state index < -0.39 is 0 Å². The van der Waals surface area contributed by atoms with E-state index >= 15 is 0 Å². The van der Waals surface area contributed by atoms with Gasteiger partial charge in [-0.3, -0.25) is 0 Å². The fourth-order valence-electron chi connectivity index (χ4n) is 11.8. The molecule has 0 unspecified atom stereocenters. The van der Waals surface area contributed by atoms with Gasteiger partial charge in [0.25, 0.3) is 0 Å². The van der Waals surface area contributed by atoms with Crippen molar-refractivity contribution in [1.82, 2.24) is 4.48 Å². The topological polar surface area (TPSA) is 8.17 Å². The second-order valence-electron chi connectivity index (χ2n) is 20.7. The molecule has 13 rings (SSSR count). The summed E-state index contributed by atoms with van der Waals surface area (Å²) in [7, 11) is 0. The van der Waals surface area contributed by atoms with E-state index in [1.807, 2.05) is 11.3 Å². The van der Waals surface area contributed by atoms with Crippen LogP contribution in [0.3, 0.4) is 0 Å². The summed E-state index contributed by atoms with van der Waals surface area (Å²) in [5, 5.41) is 9.20. The Morgan fingerprint density at radius 2 is 1.23 bits per heavy atom. The Bertz CT molecular complexity index is 3580. The van der Waals surface area contributed by atoms with Gasteiger partial charge < -0.3 is 9.38 Å². The second-order valence-corrected chi connectivity index (χ2v) is 21.8. The van der Waals surface area contributed by atoms with E-state index in [4.69, 9.17) is 0 Å². The maximum Gasteiger partial charge on any atom is 0.343 e. The van der Waals surface area contributed by atoms with Crippen LogP contribution in [0, 0.1) is 0 Å². The van der Waals surface area contributed by atoms with Crippen molar-refractivity contribution < 1.29 is 0 Å². The average Bonchev–Trinajstić information content (AvgIpc) is 3.82. The van der Waals surface area contributed by atoms with Crippen LogP contribution >= 0.6 is 11.3 Å². The molecule has 2 aliphatic heterocycles. The molecule has 0 spiro atoms. The quantitative estimate of drug-likeness (QED) is 0.158. The fourth-order valence-corrected chi connectivity index (χ4v) is 13.1. The maximum atomic E-state index is 2.78. The predicted octanol–water partition coefficient (Wildman–Crippen LogP) is 15.0. The summed E-state index contributed by atoms with van der Waals surface area (Å²) in [6.45, 7) is 16.9. The van der Waals surface area contributed by atoms with Crippen LogP contribution in [0.5, 0.6) is 0 Å². The average molecular weight is 817 g/mol. The van der Waals surface area contributed by atoms with Crippen LogP contribution in [-0.2, 0) is 16.2 Å². The Balaban J connectivity index is 1.25. The molecule has 0 fully saturated rings. The Morgan fingerprint density at radius 1 is 0.548 bits per heavy atom. The van der Waals surface area contributed by atoms with E-state index in [9.17, 15) is 0 Å². The van der Waals surface area contributed by atoms with Gasteiger partial charge in [-0.15, -0.1) is 11.3 Å². The van der Waals surface area contributed by atoms with Gasteiger partial charge in [-0.2, -0.15) is 0 Å². The van der Waals surface area contributed by atoms with E-state index in [0.29, 0.717) is 0 Å². The largest absolute Gasteiger partial charge is 0.374 e. The number of fused-ring (bicyclic) bond motifs is 14. The van der Waals surface area contributed by atoms with Crippen molar-refractivity contribution in [2.24, 2.45) is 0 Å². The highest BCUT2D eigenvalue weighted by Gasteiger charge is 2.47. The van der Waals surface area contributed by atoms with Crippen LogP contribution in [0.1, 0.15) is 78.0 Å². The van der Waals surface area contributed by atoms with Crippen LogP contribution in [-0.4, -0.2) is 11.3 Å². The van der Waals surface area contributed by atoms with Gasteiger partial charge in [0, 0.05) is 58.9 Å². The van der Waals surface area contributed by atoms with Gasteiger partial charge in [-0.25, -0.2) is 0 Å². The Kier molecular flexibility index (Phi) is 7.25. The highest BCUT2D eigenvalue weighted by Crippen LogP contribution is 2.55. The van der Waals surface area contributed by atoms with Gasteiger partial charge in [0.2, 0.25) is 0 Å². The van der Waals surface area contributed by atoms with E-state index in [-0.39, 0.29) is 23.1 Å². The fraction of sp³-hybridized carbons (Fsp3) is 0.207. The second kappa shape index (κ2) is 12.3. The van der Waals surface area contributed by atoms with Crippen LogP contribution < -0.4 is 15.1 Å². The molecule has 62 heavy (non-hydrogen) atoms. The molecule has 10 aromatic rings. The summed E-state index contributed by atoms with van der Waals surface area (Å²) in [4.78, 5) is 2.72. The number of nitrogens with zero attached hydrogens (tertiary/aromatic N) is 2. The van der Waals surface area contributed by atoms with Crippen molar-refractivity contribution in [3.8, 4) is 22.3 Å². The normalized spacial score (nSPS) is 16.0. The Hall–Kier alpha value is -6.10. The van der Waals surface area contributed by atoms with Gasteiger partial charge in [-0.1, -0.05) is 164 Å². The third-order valence-electron chi connectivity index (χ3n) is 15.1. The summed E-state index contributed by atoms with van der Waals surface area (Å²) < 4.78 is 5.58. The molecular formula is C58H49BN2S. The predicted molar refractivity (Wildman–Crippen MR) is 270 cm³/mol. The zero-order valence-electron chi connectivity index (χ0n) is 36.7. The first-order chi connectivity index (χ1) is 29.9. The highest BCUT2D eigenvalue weighted by atomic mass is 32.1. The summed E-state index contributed by atoms with van der Waals surface area (Å²) in [5.74, 6) is 0. The molecule has 0 saturated heterocycles. The van der Waals surface area contributed by atoms with Gasteiger partial charge in [0.05, 0.1) is 11.4 Å². The van der Waals surface area contributed by atoms with Crippen molar-refractivity contribution >= 4 is 98.9 Å². The number of aromatic nitrogens is 1. The molecule has 0 amide bonds. The maximum absolute atomic E-state index is 2.78. The number of thiophene rings is 1.